The molecule has 0 bridgehead atoms. The van der Waals surface area contributed by atoms with Gasteiger partial charge in [-0.3, -0.25) is 0 Å². The fourth-order valence-electron chi connectivity index (χ4n) is 2.17. The van der Waals surface area contributed by atoms with Crippen molar-refractivity contribution in [1.82, 2.24) is 10.3 Å². The quantitative estimate of drug-likeness (QED) is 0.713. The SMILES string of the molecule is CCOc1ccccc1CNCc1coc(-c2cccs2)n1. The number of oxazole rings is 1. The molecule has 0 unspecified atom stereocenters. The molecular weight excluding hydrogens is 296 g/mol. The number of nitrogens with one attached hydrogen (secondary N) is 1. The normalized spacial score (nSPS) is 10.8. The number of hydrogen-bond acceptors (Lipinski definition) is 5. The number of hydrogen-bond donors (Lipinski definition) is 1. The molecule has 3 aromatic rings. The van der Waals surface area contributed by atoms with Crippen LogP contribution in [-0.4, -0.2) is 11.6 Å². The lowest BCUT2D eigenvalue weighted by molar-refractivity contribution is 0.335. The van der Waals surface area contributed by atoms with Gasteiger partial charge in [-0.1, -0.05) is 24.3 Å². The summed E-state index contributed by atoms with van der Waals surface area (Å²) in [4.78, 5) is 5.54. The highest BCUT2D eigenvalue weighted by molar-refractivity contribution is 7.13. The Morgan fingerprint density at radius 3 is 2.91 bits per heavy atom. The van der Waals surface area contributed by atoms with Crippen molar-refractivity contribution >= 4 is 11.3 Å². The van der Waals surface area contributed by atoms with Crippen LogP contribution in [0.25, 0.3) is 10.8 Å². The van der Waals surface area contributed by atoms with Crippen LogP contribution in [0, 0.1) is 0 Å². The first-order valence-corrected chi connectivity index (χ1v) is 8.14. The first-order chi connectivity index (χ1) is 10.9. The van der Waals surface area contributed by atoms with Crippen LogP contribution in [0.4, 0.5) is 0 Å². The molecule has 2 heterocycles. The number of para-hydroxylation sites is 1. The molecule has 22 heavy (non-hydrogen) atoms. The smallest absolute Gasteiger partial charge is 0.236 e. The van der Waals surface area contributed by atoms with Crippen molar-refractivity contribution in [3.63, 3.8) is 0 Å². The maximum Gasteiger partial charge on any atom is 0.236 e. The second-order valence-electron chi connectivity index (χ2n) is 4.77. The molecule has 2 aromatic heterocycles. The fourth-order valence-corrected chi connectivity index (χ4v) is 2.83. The van der Waals surface area contributed by atoms with E-state index in [1.807, 2.05) is 42.6 Å². The first kappa shape index (κ1) is 14.8. The summed E-state index contributed by atoms with van der Waals surface area (Å²) < 4.78 is 11.1. The van der Waals surface area contributed by atoms with Crippen LogP contribution < -0.4 is 10.1 Å². The summed E-state index contributed by atoms with van der Waals surface area (Å²) in [5.41, 5.74) is 2.05. The van der Waals surface area contributed by atoms with Crippen molar-refractivity contribution in [3.8, 4) is 16.5 Å². The van der Waals surface area contributed by atoms with Crippen molar-refractivity contribution in [2.75, 3.05) is 6.61 Å². The molecular formula is C17H18N2O2S. The van der Waals surface area contributed by atoms with Crippen molar-refractivity contribution in [2.24, 2.45) is 0 Å². The largest absolute Gasteiger partial charge is 0.494 e. The van der Waals surface area contributed by atoms with E-state index in [4.69, 9.17) is 9.15 Å². The molecule has 3 rings (SSSR count). The summed E-state index contributed by atoms with van der Waals surface area (Å²) in [7, 11) is 0. The van der Waals surface area contributed by atoms with E-state index in [0.717, 1.165) is 28.4 Å². The van der Waals surface area contributed by atoms with E-state index in [0.29, 0.717) is 19.0 Å². The Labute approximate surface area is 133 Å². The van der Waals surface area contributed by atoms with E-state index in [2.05, 4.69) is 16.4 Å². The molecule has 0 spiro atoms. The Morgan fingerprint density at radius 1 is 1.18 bits per heavy atom. The molecule has 0 atom stereocenters. The van der Waals surface area contributed by atoms with Gasteiger partial charge in [-0.15, -0.1) is 11.3 Å². The Balaban J connectivity index is 1.57. The van der Waals surface area contributed by atoms with Crippen LogP contribution in [-0.2, 0) is 13.1 Å². The summed E-state index contributed by atoms with van der Waals surface area (Å²) in [5.74, 6) is 1.61. The van der Waals surface area contributed by atoms with Gasteiger partial charge in [-0.05, 0) is 24.4 Å². The molecule has 0 radical (unpaired) electrons. The lowest BCUT2D eigenvalue weighted by Crippen LogP contribution is -2.13. The van der Waals surface area contributed by atoms with Crippen molar-refractivity contribution in [1.29, 1.82) is 0 Å². The minimum absolute atomic E-state index is 0.662. The van der Waals surface area contributed by atoms with Crippen molar-refractivity contribution in [2.45, 2.75) is 20.0 Å². The topological polar surface area (TPSA) is 47.3 Å². The van der Waals surface area contributed by atoms with E-state index in [9.17, 15) is 0 Å². The highest BCUT2D eigenvalue weighted by Gasteiger charge is 2.08. The lowest BCUT2D eigenvalue weighted by Gasteiger charge is -2.10. The first-order valence-electron chi connectivity index (χ1n) is 7.26. The molecule has 0 fully saturated rings. The molecule has 0 amide bonds. The van der Waals surface area contributed by atoms with Gasteiger partial charge >= 0.3 is 0 Å². The Bertz CT molecular complexity index is 707. The van der Waals surface area contributed by atoms with Crippen molar-refractivity contribution in [3.05, 3.63) is 59.3 Å². The highest BCUT2D eigenvalue weighted by Crippen LogP contribution is 2.23. The number of nitrogens with zero attached hydrogens (tertiary/aromatic N) is 1. The Hall–Kier alpha value is -2.11. The standard InChI is InChI=1S/C17H18N2O2S/c1-2-20-15-7-4-3-6-13(15)10-18-11-14-12-21-17(19-14)16-8-5-9-22-16/h3-9,12,18H,2,10-11H2,1H3. The monoisotopic (exact) mass is 314 g/mol. The average Bonchev–Trinajstić information content (AvgIpc) is 3.20. The van der Waals surface area contributed by atoms with Crippen LogP contribution in [0.15, 0.2) is 52.5 Å². The summed E-state index contributed by atoms with van der Waals surface area (Å²) in [6, 6.07) is 12.1. The molecule has 4 nitrogen and oxygen atoms in total. The number of rotatable bonds is 7. The zero-order valence-corrected chi connectivity index (χ0v) is 13.2. The van der Waals surface area contributed by atoms with Gasteiger partial charge in [0.1, 0.15) is 12.0 Å². The fraction of sp³-hybridized carbons (Fsp3) is 0.235. The van der Waals surface area contributed by atoms with Gasteiger partial charge in [-0.25, -0.2) is 4.98 Å². The van der Waals surface area contributed by atoms with E-state index in [-0.39, 0.29) is 0 Å². The van der Waals surface area contributed by atoms with E-state index in [1.165, 1.54) is 0 Å². The number of thiophene rings is 1. The van der Waals surface area contributed by atoms with Gasteiger partial charge in [0.2, 0.25) is 5.89 Å². The van der Waals surface area contributed by atoms with Gasteiger partial charge in [0.25, 0.3) is 0 Å². The van der Waals surface area contributed by atoms with Crippen LogP contribution in [0.3, 0.4) is 0 Å². The van der Waals surface area contributed by atoms with Gasteiger partial charge in [0, 0.05) is 18.7 Å². The zero-order valence-electron chi connectivity index (χ0n) is 12.4. The molecule has 0 saturated carbocycles. The van der Waals surface area contributed by atoms with Crippen LogP contribution in [0.5, 0.6) is 5.75 Å². The van der Waals surface area contributed by atoms with Crippen LogP contribution in [0.2, 0.25) is 0 Å². The van der Waals surface area contributed by atoms with Gasteiger partial charge in [-0.2, -0.15) is 0 Å². The molecule has 0 aliphatic rings. The number of ether oxygens (including phenoxy) is 1. The summed E-state index contributed by atoms with van der Waals surface area (Å²) in [6.45, 7) is 4.06. The molecule has 0 saturated heterocycles. The van der Waals surface area contributed by atoms with Gasteiger partial charge < -0.3 is 14.5 Å². The predicted octanol–water partition coefficient (Wildman–Crippen LogP) is 4.09. The maximum atomic E-state index is 5.62. The summed E-state index contributed by atoms with van der Waals surface area (Å²) in [5, 5.41) is 5.39. The Morgan fingerprint density at radius 2 is 2.09 bits per heavy atom. The average molecular weight is 314 g/mol. The Kier molecular flexibility index (Phi) is 4.88. The number of benzene rings is 1. The minimum Gasteiger partial charge on any atom is -0.494 e. The maximum absolute atomic E-state index is 5.62. The summed E-state index contributed by atoms with van der Waals surface area (Å²) >= 11 is 1.62. The zero-order chi connectivity index (χ0) is 15.2. The minimum atomic E-state index is 0.662. The summed E-state index contributed by atoms with van der Waals surface area (Å²) in [6.07, 6.45) is 1.70. The molecule has 1 aromatic carbocycles. The van der Waals surface area contributed by atoms with E-state index in [1.54, 1.807) is 17.6 Å². The van der Waals surface area contributed by atoms with Crippen molar-refractivity contribution < 1.29 is 9.15 Å². The molecule has 5 heteroatoms. The second-order valence-corrected chi connectivity index (χ2v) is 5.71. The van der Waals surface area contributed by atoms with E-state index >= 15 is 0 Å². The molecule has 0 aliphatic heterocycles. The van der Waals surface area contributed by atoms with Gasteiger partial charge in [0.15, 0.2) is 0 Å². The second kappa shape index (κ2) is 7.24. The van der Waals surface area contributed by atoms with E-state index < -0.39 is 0 Å². The lowest BCUT2D eigenvalue weighted by atomic mass is 10.2. The predicted molar refractivity (Wildman–Crippen MR) is 88.0 cm³/mol. The third-order valence-electron chi connectivity index (χ3n) is 3.18. The third kappa shape index (κ3) is 3.55. The van der Waals surface area contributed by atoms with Gasteiger partial charge in [0.05, 0.1) is 17.2 Å². The van der Waals surface area contributed by atoms with Crippen LogP contribution in [0.1, 0.15) is 18.2 Å². The molecule has 0 aliphatic carbocycles. The highest BCUT2D eigenvalue weighted by atomic mass is 32.1. The number of aromatic nitrogens is 1. The van der Waals surface area contributed by atoms with Crippen LogP contribution >= 0.6 is 11.3 Å². The molecule has 114 valence electrons. The molecule has 1 N–H and O–H groups in total. The third-order valence-corrected chi connectivity index (χ3v) is 4.04.